The molecule has 0 aliphatic heterocycles. The van der Waals surface area contributed by atoms with E-state index in [2.05, 4.69) is 11.8 Å². The van der Waals surface area contributed by atoms with Crippen LogP contribution in [0.15, 0.2) is 18.2 Å². The Bertz CT molecular complexity index is 492. The molecule has 0 fully saturated rings. The standard InChI is InChI=1S/C11H7ClN2O/c12-10-5-4-8(7-13)6-9(10)2-1-3-11(14)15/h4-6H,3H2,(H2,14,15). The number of hydrogen-bond acceptors (Lipinski definition) is 2. The molecule has 15 heavy (non-hydrogen) atoms. The Morgan fingerprint density at radius 2 is 2.27 bits per heavy atom. The number of primary amides is 1. The smallest absolute Gasteiger partial charge is 0.229 e. The van der Waals surface area contributed by atoms with Crippen LogP contribution in [0.2, 0.25) is 5.02 Å². The minimum absolute atomic E-state index is 0.0207. The van der Waals surface area contributed by atoms with E-state index < -0.39 is 5.91 Å². The van der Waals surface area contributed by atoms with E-state index in [1.165, 1.54) is 0 Å². The van der Waals surface area contributed by atoms with Crippen molar-refractivity contribution in [3.63, 3.8) is 0 Å². The van der Waals surface area contributed by atoms with E-state index in [0.717, 1.165) is 0 Å². The maximum atomic E-state index is 10.4. The normalized spacial score (nSPS) is 8.53. The van der Waals surface area contributed by atoms with E-state index in [0.29, 0.717) is 16.1 Å². The summed E-state index contributed by atoms with van der Waals surface area (Å²) in [4.78, 5) is 10.4. The Morgan fingerprint density at radius 1 is 1.53 bits per heavy atom. The zero-order chi connectivity index (χ0) is 11.3. The molecule has 0 atom stereocenters. The highest BCUT2D eigenvalue weighted by atomic mass is 35.5. The quantitative estimate of drug-likeness (QED) is 0.725. The molecule has 0 aromatic heterocycles. The van der Waals surface area contributed by atoms with Gasteiger partial charge in [-0.2, -0.15) is 5.26 Å². The van der Waals surface area contributed by atoms with Gasteiger partial charge in [-0.25, -0.2) is 0 Å². The van der Waals surface area contributed by atoms with Gasteiger partial charge in [0.05, 0.1) is 23.1 Å². The average molecular weight is 219 g/mol. The first-order chi connectivity index (χ1) is 7.13. The third-order valence-electron chi connectivity index (χ3n) is 1.58. The van der Waals surface area contributed by atoms with Gasteiger partial charge in [0.25, 0.3) is 0 Å². The number of nitriles is 1. The van der Waals surface area contributed by atoms with Crippen LogP contribution in [0.3, 0.4) is 0 Å². The molecule has 1 aromatic rings. The third kappa shape index (κ3) is 3.34. The number of nitrogens with zero attached hydrogens (tertiary/aromatic N) is 1. The summed E-state index contributed by atoms with van der Waals surface area (Å²) in [7, 11) is 0. The second-order valence-corrected chi connectivity index (χ2v) is 3.16. The Labute approximate surface area is 92.5 Å². The molecule has 0 aliphatic carbocycles. The van der Waals surface area contributed by atoms with Crippen molar-refractivity contribution in [1.29, 1.82) is 5.26 Å². The van der Waals surface area contributed by atoms with Gasteiger partial charge in [-0.3, -0.25) is 4.79 Å². The first-order valence-electron chi connectivity index (χ1n) is 4.10. The van der Waals surface area contributed by atoms with Gasteiger partial charge in [-0.15, -0.1) is 0 Å². The summed E-state index contributed by atoms with van der Waals surface area (Å²) in [5.41, 5.74) is 5.92. The number of rotatable bonds is 1. The average Bonchev–Trinajstić information content (AvgIpc) is 2.20. The Morgan fingerprint density at radius 3 is 2.87 bits per heavy atom. The SMILES string of the molecule is N#Cc1ccc(Cl)c(C#CCC(N)=O)c1. The molecule has 4 heteroatoms. The number of carbonyl (C=O) groups excluding carboxylic acids is 1. The van der Waals surface area contributed by atoms with Crippen LogP contribution in [-0.4, -0.2) is 5.91 Å². The van der Waals surface area contributed by atoms with E-state index >= 15 is 0 Å². The van der Waals surface area contributed by atoms with E-state index in [1.807, 2.05) is 6.07 Å². The van der Waals surface area contributed by atoms with Crippen molar-refractivity contribution in [2.45, 2.75) is 6.42 Å². The van der Waals surface area contributed by atoms with Gasteiger partial charge in [0, 0.05) is 5.56 Å². The Hall–Kier alpha value is -1.97. The summed E-state index contributed by atoms with van der Waals surface area (Å²) < 4.78 is 0. The fraction of sp³-hybridized carbons (Fsp3) is 0.0909. The van der Waals surface area contributed by atoms with Crippen LogP contribution in [0.5, 0.6) is 0 Å². The van der Waals surface area contributed by atoms with Crippen molar-refractivity contribution in [3.8, 4) is 17.9 Å². The minimum atomic E-state index is -0.491. The highest BCUT2D eigenvalue weighted by Crippen LogP contribution is 2.15. The fourth-order valence-corrected chi connectivity index (χ4v) is 1.08. The van der Waals surface area contributed by atoms with Crippen molar-refractivity contribution in [1.82, 2.24) is 0 Å². The number of benzene rings is 1. The van der Waals surface area contributed by atoms with E-state index in [9.17, 15) is 4.79 Å². The summed E-state index contributed by atoms with van der Waals surface area (Å²) in [6, 6.07) is 6.73. The molecule has 0 unspecified atom stereocenters. The molecule has 0 saturated heterocycles. The summed E-state index contributed by atoms with van der Waals surface area (Å²) in [5.74, 6) is 4.77. The summed E-state index contributed by atoms with van der Waals surface area (Å²) in [6.07, 6.45) is -0.0207. The maximum absolute atomic E-state index is 10.4. The largest absolute Gasteiger partial charge is 0.369 e. The van der Waals surface area contributed by atoms with Gasteiger partial charge < -0.3 is 5.73 Å². The van der Waals surface area contributed by atoms with Crippen molar-refractivity contribution in [2.24, 2.45) is 5.73 Å². The van der Waals surface area contributed by atoms with Gasteiger partial charge in [-0.1, -0.05) is 23.4 Å². The van der Waals surface area contributed by atoms with Crippen LogP contribution in [-0.2, 0) is 4.79 Å². The lowest BCUT2D eigenvalue weighted by Gasteiger charge is -1.95. The molecule has 1 aromatic carbocycles. The lowest BCUT2D eigenvalue weighted by atomic mass is 10.1. The lowest BCUT2D eigenvalue weighted by molar-refractivity contribution is -0.117. The van der Waals surface area contributed by atoms with Crippen LogP contribution in [0, 0.1) is 23.2 Å². The fourth-order valence-electron chi connectivity index (χ4n) is 0.917. The maximum Gasteiger partial charge on any atom is 0.229 e. The van der Waals surface area contributed by atoms with Crippen molar-refractivity contribution >= 4 is 17.5 Å². The zero-order valence-electron chi connectivity index (χ0n) is 7.75. The molecule has 0 aliphatic rings. The Kier molecular flexibility index (Phi) is 3.74. The molecule has 0 heterocycles. The number of nitrogens with two attached hydrogens (primary N) is 1. The molecule has 0 radical (unpaired) electrons. The zero-order valence-corrected chi connectivity index (χ0v) is 8.51. The Balaban J connectivity index is 2.97. The van der Waals surface area contributed by atoms with Gasteiger partial charge in [0.15, 0.2) is 0 Å². The predicted molar refractivity (Wildman–Crippen MR) is 56.9 cm³/mol. The van der Waals surface area contributed by atoms with Crippen molar-refractivity contribution < 1.29 is 4.79 Å². The van der Waals surface area contributed by atoms with E-state index in [-0.39, 0.29) is 6.42 Å². The van der Waals surface area contributed by atoms with Crippen LogP contribution in [0.4, 0.5) is 0 Å². The molecule has 3 nitrogen and oxygen atoms in total. The molecule has 74 valence electrons. The highest BCUT2D eigenvalue weighted by Gasteiger charge is 1.98. The van der Waals surface area contributed by atoms with Crippen LogP contribution in [0.1, 0.15) is 17.5 Å². The summed E-state index contributed by atoms with van der Waals surface area (Å²) in [5, 5.41) is 9.10. The molecule has 1 rings (SSSR count). The van der Waals surface area contributed by atoms with E-state index in [1.54, 1.807) is 18.2 Å². The van der Waals surface area contributed by atoms with Crippen molar-refractivity contribution in [3.05, 3.63) is 34.3 Å². The van der Waals surface area contributed by atoms with Gasteiger partial charge in [0.1, 0.15) is 0 Å². The van der Waals surface area contributed by atoms with Gasteiger partial charge in [-0.05, 0) is 18.2 Å². The predicted octanol–water partition coefficient (Wildman–Crippen LogP) is 1.44. The minimum Gasteiger partial charge on any atom is -0.369 e. The number of hydrogen-bond donors (Lipinski definition) is 1. The first kappa shape index (κ1) is 11.1. The van der Waals surface area contributed by atoms with Crippen LogP contribution in [0.25, 0.3) is 0 Å². The molecular formula is C11H7ClN2O. The van der Waals surface area contributed by atoms with Crippen LogP contribution >= 0.6 is 11.6 Å². The topological polar surface area (TPSA) is 66.9 Å². The summed E-state index contributed by atoms with van der Waals surface area (Å²) in [6.45, 7) is 0. The van der Waals surface area contributed by atoms with Gasteiger partial charge in [0.2, 0.25) is 5.91 Å². The lowest BCUT2D eigenvalue weighted by Crippen LogP contribution is -2.08. The number of carbonyl (C=O) groups is 1. The molecular weight excluding hydrogens is 212 g/mol. The van der Waals surface area contributed by atoms with E-state index in [4.69, 9.17) is 22.6 Å². The monoisotopic (exact) mass is 218 g/mol. The van der Waals surface area contributed by atoms with Crippen molar-refractivity contribution in [2.75, 3.05) is 0 Å². The molecule has 2 N–H and O–H groups in total. The van der Waals surface area contributed by atoms with Gasteiger partial charge >= 0.3 is 0 Å². The molecule has 1 amide bonds. The first-order valence-corrected chi connectivity index (χ1v) is 4.48. The summed E-state index contributed by atoms with van der Waals surface area (Å²) >= 11 is 5.84. The number of halogens is 1. The second-order valence-electron chi connectivity index (χ2n) is 2.75. The van der Waals surface area contributed by atoms with Crippen LogP contribution < -0.4 is 5.73 Å². The third-order valence-corrected chi connectivity index (χ3v) is 1.91. The highest BCUT2D eigenvalue weighted by molar-refractivity contribution is 6.31. The molecule has 0 saturated carbocycles. The molecule has 0 spiro atoms. The molecule has 0 bridgehead atoms. The second kappa shape index (κ2) is 5.05. The number of amides is 1.